The molecule has 0 radical (unpaired) electrons. The van der Waals surface area contributed by atoms with Crippen molar-refractivity contribution in [3.05, 3.63) is 29.8 Å². The molecule has 0 saturated carbocycles. The Bertz CT molecular complexity index is 266. The number of nitrogens with one attached hydrogen (secondary N) is 1. The Balaban J connectivity index is 2.36. The molecule has 0 saturated heterocycles. The summed E-state index contributed by atoms with van der Waals surface area (Å²) in [5.41, 5.74) is 2.35. The lowest BCUT2D eigenvalue weighted by molar-refractivity contribution is 0.299. The van der Waals surface area contributed by atoms with Crippen LogP contribution in [0.2, 0.25) is 0 Å². The fourth-order valence-electron chi connectivity index (χ4n) is 1.42. The molecule has 0 unspecified atom stereocenters. The summed E-state index contributed by atoms with van der Waals surface area (Å²) >= 11 is 0. The van der Waals surface area contributed by atoms with Crippen LogP contribution in [-0.2, 0) is 6.42 Å². The number of benzene rings is 1. The minimum atomic E-state index is 0.222. The molecule has 1 aromatic rings. The number of rotatable bonds is 6. The zero-order valence-corrected chi connectivity index (χ0v) is 9.66. The van der Waals surface area contributed by atoms with Crippen molar-refractivity contribution in [3.8, 4) is 0 Å². The van der Waals surface area contributed by atoms with Gasteiger partial charge in [0.2, 0.25) is 0 Å². The van der Waals surface area contributed by atoms with Gasteiger partial charge in [-0.1, -0.05) is 26.0 Å². The summed E-state index contributed by atoms with van der Waals surface area (Å²) in [4.78, 5) is 0. The van der Waals surface area contributed by atoms with E-state index in [-0.39, 0.29) is 6.61 Å². The number of hydrogen-bond donors (Lipinski definition) is 2. The van der Waals surface area contributed by atoms with Gasteiger partial charge in [-0.15, -0.1) is 0 Å². The third kappa shape index (κ3) is 4.84. The van der Waals surface area contributed by atoms with Gasteiger partial charge < -0.3 is 10.4 Å². The number of anilines is 1. The summed E-state index contributed by atoms with van der Waals surface area (Å²) in [6.45, 7) is 5.70. The summed E-state index contributed by atoms with van der Waals surface area (Å²) in [7, 11) is 0. The maximum atomic E-state index is 8.78. The largest absolute Gasteiger partial charge is 0.396 e. The highest BCUT2D eigenvalue weighted by molar-refractivity contribution is 5.44. The molecular formula is C13H21NO. The summed E-state index contributed by atoms with van der Waals surface area (Å²) in [5, 5.41) is 12.2. The van der Waals surface area contributed by atoms with Crippen molar-refractivity contribution in [3.63, 3.8) is 0 Å². The van der Waals surface area contributed by atoms with Crippen molar-refractivity contribution in [1.82, 2.24) is 0 Å². The van der Waals surface area contributed by atoms with Gasteiger partial charge in [-0.25, -0.2) is 0 Å². The van der Waals surface area contributed by atoms with Crippen LogP contribution in [0, 0.1) is 5.92 Å². The number of aliphatic hydroxyl groups excluding tert-OH is 1. The molecule has 15 heavy (non-hydrogen) atoms. The average Bonchev–Trinajstić information content (AvgIpc) is 2.20. The predicted molar refractivity (Wildman–Crippen MR) is 65.2 cm³/mol. The molecule has 2 heteroatoms. The number of aliphatic hydroxyl groups is 1. The topological polar surface area (TPSA) is 32.3 Å². The molecule has 0 aromatic heterocycles. The van der Waals surface area contributed by atoms with Crippen molar-refractivity contribution < 1.29 is 5.11 Å². The lowest BCUT2D eigenvalue weighted by atomic mass is 10.1. The second-order valence-corrected chi connectivity index (χ2v) is 4.28. The van der Waals surface area contributed by atoms with E-state index < -0.39 is 0 Å². The lowest BCUT2D eigenvalue weighted by Crippen LogP contribution is -2.04. The zero-order chi connectivity index (χ0) is 11.1. The number of hydrogen-bond acceptors (Lipinski definition) is 2. The first kappa shape index (κ1) is 12.1. The van der Waals surface area contributed by atoms with Crippen molar-refractivity contribution in [2.75, 3.05) is 18.5 Å². The van der Waals surface area contributed by atoms with Crippen LogP contribution in [-0.4, -0.2) is 18.3 Å². The van der Waals surface area contributed by atoms with E-state index in [1.54, 1.807) is 0 Å². The third-order valence-electron chi connectivity index (χ3n) is 2.41. The highest BCUT2D eigenvalue weighted by atomic mass is 16.2. The first-order valence-electron chi connectivity index (χ1n) is 5.66. The van der Waals surface area contributed by atoms with Crippen LogP contribution in [0.5, 0.6) is 0 Å². The van der Waals surface area contributed by atoms with Crippen molar-refractivity contribution in [1.29, 1.82) is 0 Å². The lowest BCUT2D eigenvalue weighted by Gasteiger charge is -2.08. The van der Waals surface area contributed by atoms with Crippen LogP contribution in [0.3, 0.4) is 0 Å². The SMILES string of the molecule is CC(C)CCNc1ccc(CCO)cc1. The minimum absolute atomic E-state index is 0.222. The molecule has 84 valence electrons. The molecule has 0 atom stereocenters. The van der Waals surface area contributed by atoms with E-state index in [0.29, 0.717) is 0 Å². The third-order valence-corrected chi connectivity index (χ3v) is 2.41. The highest BCUT2D eigenvalue weighted by Gasteiger charge is 1.95. The normalized spacial score (nSPS) is 10.7. The van der Waals surface area contributed by atoms with Crippen molar-refractivity contribution in [2.45, 2.75) is 26.7 Å². The second kappa shape index (κ2) is 6.46. The maximum absolute atomic E-state index is 8.78. The first-order valence-corrected chi connectivity index (χ1v) is 5.66. The van der Waals surface area contributed by atoms with E-state index in [2.05, 4.69) is 43.4 Å². The summed E-state index contributed by atoms with van der Waals surface area (Å²) in [6, 6.07) is 8.28. The molecule has 0 aliphatic heterocycles. The molecule has 0 spiro atoms. The monoisotopic (exact) mass is 207 g/mol. The Labute approximate surface area is 92.3 Å². The van der Waals surface area contributed by atoms with Gasteiger partial charge in [0, 0.05) is 18.8 Å². The van der Waals surface area contributed by atoms with Crippen LogP contribution < -0.4 is 5.32 Å². The van der Waals surface area contributed by atoms with Gasteiger partial charge in [0.1, 0.15) is 0 Å². The maximum Gasteiger partial charge on any atom is 0.0471 e. The molecule has 0 fully saturated rings. The summed E-state index contributed by atoms with van der Waals surface area (Å²) < 4.78 is 0. The van der Waals surface area contributed by atoms with Gasteiger partial charge in [-0.2, -0.15) is 0 Å². The standard InChI is InChI=1S/C13H21NO/c1-11(2)7-9-14-13-5-3-12(4-6-13)8-10-15/h3-6,11,14-15H,7-10H2,1-2H3. The fourth-order valence-corrected chi connectivity index (χ4v) is 1.42. The van der Waals surface area contributed by atoms with Gasteiger partial charge in [-0.05, 0) is 36.5 Å². The van der Waals surface area contributed by atoms with Crippen LogP contribution in [0.1, 0.15) is 25.8 Å². The van der Waals surface area contributed by atoms with Gasteiger partial charge in [0.05, 0.1) is 0 Å². The van der Waals surface area contributed by atoms with Gasteiger partial charge >= 0.3 is 0 Å². The van der Waals surface area contributed by atoms with Crippen LogP contribution in [0.4, 0.5) is 5.69 Å². The fraction of sp³-hybridized carbons (Fsp3) is 0.538. The van der Waals surface area contributed by atoms with Crippen molar-refractivity contribution in [2.24, 2.45) is 5.92 Å². The van der Waals surface area contributed by atoms with Crippen LogP contribution in [0.15, 0.2) is 24.3 Å². The van der Waals surface area contributed by atoms with Crippen LogP contribution >= 0.6 is 0 Å². The first-order chi connectivity index (χ1) is 7.22. The van der Waals surface area contributed by atoms with E-state index in [1.165, 1.54) is 12.0 Å². The van der Waals surface area contributed by atoms with Crippen molar-refractivity contribution >= 4 is 5.69 Å². The predicted octanol–water partition coefficient (Wildman–Crippen LogP) is 2.68. The minimum Gasteiger partial charge on any atom is -0.396 e. The Morgan fingerprint density at radius 2 is 1.87 bits per heavy atom. The Kier molecular flexibility index (Phi) is 5.19. The summed E-state index contributed by atoms with van der Waals surface area (Å²) in [6.07, 6.45) is 1.94. The van der Waals surface area contributed by atoms with E-state index in [0.717, 1.165) is 24.6 Å². The molecule has 1 aromatic carbocycles. The molecule has 0 bridgehead atoms. The Morgan fingerprint density at radius 3 is 2.40 bits per heavy atom. The molecule has 0 heterocycles. The van der Waals surface area contributed by atoms with Gasteiger partial charge in [0.25, 0.3) is 0 Å². The molecule has 2 nitrogen and oxygen atoms in total. The molecule has 0 aliphatic rings. The van der Waals surface area contributed by atoms with E-state index >= 15 is 0 Å². The molecule has 2 N–H and O–H groups in total. The van der Waals surface area contributed by atoms with Crippen LogP contribution in [0.25, 0.3) is 0 Å². The average molecular weight is 207 g/mol. The van der Waals surface area contributed by atoms with Gasteiger partial charge in [-0.3, -0.25) is 0 Å². The van der Waals surface area contributed by atoms with E-state index in [4.69, 9.17) is 5.11 Å². The Hall–Kier alpha value is -1.02. The zero-order valence-electron chi connectivity index (χ0n) is 9.66. The quantitative estimate of drug-likeness (QED) is 0.751. The summed E-state index contributed by atoms with van der Waals surface area (Å²) in [5.74, 6) is 0.742. The van der Waals surface area contributed by atoms with E-state index in [9.17, 15) is 0 Å². The molecule has 0 aliphatic carbocycles. The molecule has 0 amide bonds. The van der Waals surface area contributed by atoms with E-state index in [1.807, 2.05) is 0 Å². The highest BCUT2D eigenvalue weighted by Crippen LogP contribution is 2.10. The van der Waals surface area contributed by atoms with Gasteiger partial charge in [0.15, 0.2) is 0 Å². The Morgan fingerprint density at radius 1 is 1.20 bits per heavy atom. The molecule has 1 rings (SSSR count). The molecular weight excluding hydrogens is 186 g/mol. The smallest absolute Gasteiger partial charge is 0.0471 e. The second-order valence-electron chi connectivity index (χ2n) is 4.28.